The topological polar surface area (TPSA) is 70.0 Å². The van der Waals surface area contributed by atoms with Gasteiger partial charge < -0.3 is 10.2 Å². The first-order valence-corrected chi connectivity index (χ1v) is 9.47. The minimum Gasteiger partial charge on any atom is -0.507 e. The first-order valence-electron chi connectivity index (χ1n) is 9.47. The van der Waals surface area contributed by atoms with Crippen LogP contribution in [0.15, 0.2) is 17.7 Å². The minimum atomic E-state index is -0.394. The van der Waals surface area contributed by atoms with Gasteiger partial charge in [-0.25, -0.2) is 5.06 Å². The second-order valence-corrected chi connectivity index (χ2v) is 7.15. The number of carbonyl (C=O) groups excluding carboxylic acids is 1. The van der Waals surface area contributed by atoms with E-state index in [0.29, 0.717) is 17.5 Å². The molecule has 1 atom stereocenters. The molecule has 0 radical (unpaired) electrons. The number of aromatic hydroxyl groups is 2. The number of allylic oxidation sites excluding steroid dienone is 2. The predicted molar refractivity (Wildman–Crippen MR) is 102 cm³/mol. The Morgan fingerprint density at radius 1 is 1.35 bits per heavy atom. The number of benzene rings is 1. The fourth-order valence-corrected chi connectivity index (χ4v) is 3.67. The second kappa shape index (κ2) is 9.08. The molecule has 1 aromatic rings. The molecule has 1 aromatic carbocycles. The maximum Gasteiger partial charge on any atom is 0.281 e. The molecule has 1 aliphatic carbocycles. The minimum absolute atomic E-state index is 0.0709. The number of aryl methyl sites for hydroxylation is 1. The summed E-state index contributed by atoms with van der Waals surface area (Å²) in [5.74, 6) is -0.509. The molecule has 144 valence electrons. The molecule has 0 heterocycles. The van der Waals surface area contributed by atoms with Gasteiger partial charge in [0.1, 0.15) is 11.5 Å². The van der Waals surface area contributed by atoms with Crippen LogP contribution in [0.4, 0.5) is 0 Å². The molecule has 0 spiro atoms. The van der Waals surface area contributed by atoms with Gasteiger partial charge >= 0.3 is 0 Å². The van der Waals surface area contributed by atoms with Crippen LogP contribution < -0.4 is 0 Å². The standard InChI is InChI=1S/C21H31NO4/c1-5-6-7-10-16-13-17(23)18(15-11-8-9-14(2)12-15)20(24)19(16)21(25)22(3)26-4/h12-13,15,23-24H,5-11H2,1-4H3. The van der Waals surface area contributed by atoms with Gasteiger partial charge in [0.25, 0.3) is 5.91 Å². The Morgan fingerprint density at radius 3 is 2.69 bits per heavy atom. The van der Waals surface area contributed by atoms with Crippen LogP contribution in [0.3, 0.4) is 0 Å². The van der Waals surface area contributed by atoms with Gasteiger partial charge in [-0.3, -0.25) is 9.63 Å². The van der Waals surface area contributed by atoms with Gasteiger partial charge in [0, 0.05) is 18.5 Å². The molecular weight excluding hydrogens is 330 g/mol. The highest BCUT2D eigenvalue weighted by Gasteiger charge is 2.29. The molecule has 0 fully saturated rings. The highest BCUT2D eigenvalue weighted by atomic mass is 16.7. The van der Waals surface area contributed by atoms with Crippen molar-refractivity contribution in [1.82, 2.24) is 5.06 Å². The molecule has 0 aromatic heterocycles. The third-order valence-corrected chi connectivity index (χ3v) is 5.17. The Kier molecular flexibility index (Phi) is 7.09. The lowest BCUT2D eigenvalue weighted by Crippen LogP contribution is -2.27. The normalized spacial score (nSPS) is 17.1. The van der Waals surface area contributed by atoms with E-state index in [1.807, 2.05) is 0 Å². The van der Waals surface area contributed by atoms with E-state index in [1.165, 1.54) is 19.7 Å². The molecule has 0 bridgehead atoms. The van der Waals surface area contributed by atoms with E-state index in [-0.39, 0.29) is 23.0 Å². The zero-order valence-corrected chi connectivity index (χ0v) is 16.3. The van der Waals surface area contributed by atoms with E-state index < -0.39 is 5.91 Å². The molecule has 1 aliphatic rings. The van der Waals surface area contributed by atoms with Crippen LogP contribution >= 0.6 is 0 Å². The maximum atomic E-state index is 12.8. The fraction of sp³-hybridized carbons (Fsp3) is 0.571. The Labute approximate surface area is 156 Å². The molecule has 1 unspecified atom stereocenters. The number of carbonyl (C=O) groups is 1. The number of hydroxylamine groups is 2. The molecule has 0 saturated heterocycles. The SMILES string of the molecule is CCCCCc1cc(O)c(C2C=C(C)CCC2)c(O)c1C(=O)N(C)OC. The van der Waals surface area contributed by atoms with Gasteiger partial charge in [-0.1, -0.05) is 31.4 Å². The Morgan fingerprint density at radius 2 is 2.08 bits per heavy atom. The summed E-state index contributed by atoms with van der Waals surface area (Å²) in [5, 5.41) is 22.7. The number of phenolic OH excluding ortho intramolecular Hbond substituents is 2. The summed E-state index contributed by atoms with van der Waals surface area (Å²) in [4.78, 5) is 17.8. The lowest BCUT2D eigenvalue weighted by Gasteiger charge is -2.25. The van der Waals surface area contributed by atoms with E-state index in [2.05, 4.69) is 19.9 Å². The van der Waals surface area contributed by atoms with Crippen molar-refractivity contribution in [2.24, 2.45) is 0 Å². The summed E-state index contributed by atoms with van der Waals surface area (Å²) in [5.41, 5.74) is 2.61. The van der Waals surface area contributed by atoms with Crippen LogP contribution in [0.25, 0.3) is 0 Å². The van der Waals surface area contributed by atoms with Gasteiger partial charge in [-0.15, -0.1) is 0 Å². The van der Waals surface area contributed by atoms with Crippen LogP contribution in [0.5, 0.6) is 11.5 Å². The highest BCUT2D eigenvalue weighted by Crippen LogP contribution is 2.44. The quantitative estimate of drug-likeness (QED) is 0.420. The number of nitrogens with zero attached hydrogens (tertiary/aromatic N) is 1. The van der Waals surface area contributed by atoms with Crippen LogP contribution in [0.1, 0.15) is 79.8 Å². The number of hydrogen-bond donors (Lipinski definition) is 2. The molecule has 26 heavy (non-hydrogen) atoms. The third-order valence-electron chi connectivity index (χ3n) is 5.17. The average molecular weight is 361 g/mol. The Hall–Kier alpha value is -2.01. The lowest BCUT2D eigenvalue weighted by molar-refractivity contribution is -0.0759. The molecular formula is C21H31NO4. The van der Waals surface area contributed by atoms with E-state index in [9.17, 15) is 15.0 Å². The number of unbranched alkanes of at least 4 members (excludes halogenated alkanes) is 2. The Bertz CT molecular complexity index is 681. The van der Waals surface area contributed by atoms with Gasteiger partial charge in [0.05, 0.1) is 12.7 Å². The first-order chi connectivity index (χ1) is 12.4. The van der Waals surface area contributed by atoms with Crippen molar-refractivity contribution in [3.63, 3.8) is 0 Å². The van der Waals surface area contributed by atoms with E-state index in [4.69, 9.17) is 4.84 Å². The molecule has 2 N–H and O–H groups in total. The summed E-state index contributed by atoms with van der Waals surface area (Å²) in [6, 6.07) is 1.65. The molecule has 2 rings (SSSR count). The summed E-state index contributed by atoms with van der Waals surface area (Å²) in [6.07, 6.45) is 8.59. The van der Waals surface area contributed by atoms with Crippen LogP contribution in [-0.4, -0.2) is 35.3 Å². The molecule has 1 amide bonds. The van der Waals surface area contributed by atoms with Crippen molar-refractivity contribution in [3.05, 3.63) is 34.4 Å². The van der Waals surface area contributed by atoms with Crippen molar-refractivity contribution >= 4 is 5.91 Å². The van der Waals surface area contributed by atoms with E-state index in [0.717, 1.165) is 43.6 Å². The maximum absolute atomic E-state index is 12.8. The first kappa shape index (κ1) is 20.3. The van der Waals surface area contributed by atoms with Gasteiger partial charge in [0.15, 0.2) is 0 Å². The summed E-state index contributed by atoms with van der Waals surface area (Å²) in [6.45, 7) is 4.17. The van der Waals surface area contributed by atoms with Crippen molar-refractivity contribution < 1.29 is 19.8 Å². The average Bonchev–Trinajstić information content (AvgIpc) is 2.60. The van der Waals surface area contributed by atoms with E-state index in [1.54, 1.807) is 6.07 Å². The Balaban J connectivity index is 2.54. The number of rotatable bonds is 7. The lowest BCUT2D eigenvalue weighted by atomic mass is 9.83. The number of amides is 1. The zero-order valence-electron chi connectivity index (χ0n) is 16.3. The summed E-state index contributed by atoms with van der Waals surface area (Å²) >= 11 is 0. The van der Waals surface area contributed by atoms with E-state index >= 15 is 0 Å². The van der Waals surface area contributed by atoms with Crippen LogP contribution in [0, 0.1) is 0 Å². The molecule has 0 saturated carbocycles. The van der Waals surface area contributed by atoms with Crippen LogP contribution in [-0.2, 0) is 11.3 Å². The van der Waals surface area contributed by atoms with Crippen molar-refractivity contribution in [2.75, 3.05) is 14.2 Å². The highest BCUT2D eigenvalue weighted by molar-refractivity contribution is 5.98. The third kappa shape index (κ3) is 4.39. The monoisotopic (exact) mass is 361 g/mol. The molecule has 5 nitrogen and oxygen atoms in total. The van der Waals surface area contributed by atoms with Crippen molar-refractivity contribution in [1.29, 1.82) is 0 Å². The summed E-state index contributed by atoms with van der Waals surface area (Å²) in [7, 11) is 2.94. The van der Waals surface area contributed by atoms with Crippen molar-refractivity contribution in [3.8, 4) is 11.5 Å². The largest absolute Gasteiger partial charge is 0.507 e. The van der Waals surface area contributed by atoms with Gasteiger partial charge in [-0.05, 0) is 50.7 Å². The summed E-state index contributed by atoms with van der Waals surface area (Å²) < 4.78 is 0. The zero-order chi connectivity index (χ0) is 19.3. The van der Waals surface area contributed by atoms with Gasteiger partial charge in [-0.2, -0.15) is 0 Å². The number of phenols is 2. The molecule has 5 heteroatoms. The predicted octanol–water partition coefficient (Wildman–Crippen LogP) is 4.68. The smallest absolute Gasteiger partial charge is 0.281 e. The second-order valence-electron chi connectivity index (χ2n) is 7.15. The van der Waals surface area contributed by atoms with Crippen LogP contribution in [0.2, 0.25) is 0 Å². The van der Waals surface area contributed by atoms with Gasteiger partial charge in [0.2, 0.25) is 0 Å². The number of hydrogen-bond acceptors (Lipinski definition) is 4. The fourth-order valence-electron chi connectivity index (χ4n) is 3.67. The molecule has 0 aliphatic heterocycles. The van der Waals surface area contributed by atoms with Crippen molar-refractivity contribution in [2.45, 2.75) is 64.7 Å².